The largest absolute Gasteiger partial charge is 0.496 e. The van der Waals surface area contributed by atoms with E-state index in [9.17, 15) is 0 Å². The minimum Gasteiger partial charge on any atom is -0.496 e. The molecule has 1 atom stereocenters. The van der Waals surface area contributed by atoms with Gasteiger partial charge in [-0.15, -0.1) is 0 Å². The van der Waals surface area contributed by atoms with Crippen LogP contribution in [0.5, 0.6) is 11.5 Å². The van der Waals surface area contributed by atoms with Gasteiger partial charge in [-0.05, 0) is 24.5 Å². The number of methoxy groups -OCH3 is 1. The predicted octanol–water partition coefficient (Wildman–Crippen LogP) is 4.54. The summed E-state index contributed by atoms with van der Waals surface area (Å²) in [6.45, 7) is 10.8. The molecule has 2 heteroatoms. The Balaban J connectivity index is 2.63. The third kappa shape index (κ3) is 4.98. The Bertz CT molecular complexity index is 385. The molecule has 104 valence electrons. The van der Waals surface area contributed by atoms with E-state index in [1.807, 2.05) is 6.07 Å². The first-order valence-corrected chi connectivity index (χ1v) is 7.02. The molecule has 2 radical (unpaired) electrons. The minimum atomic E-state index is 0.604. The van der Waals surface area contributed by atoms with E-state index in [0.29, 0.717) is 11.7 Å². The van der Waals surface area contributed by atoms with E-state index in [-0.39, 0.29) is 0 Å². The topological polar surface area (TPSA) is 18.5 Å². The predicted molar refractivity (Wildman–Crippen MR) is 79.4 cm³/mol. The fraction of sp³-hybridized carbons (Fsp3) is 0.529. The molecule has 0 fully saturated rings. The lowest BCUT2D eigenvalue weighted by molar-refractivity contribution is 0.232. The summed E-state index contributed by atoms with van der Waals surface area (Å²) in [4.78, 5) is 0. The van der Waals surface area contributed by atoms with Crippen molar-refractivity contribution in [3.63, 3.8) is 0 Å². The summed E-state index contributed by atoms with van der Waals surface area (Å²) in [6, 6.07) is 6.65. The third-order valence-electron chi connectivity index (χ3n) is 3.33. The lowest BCUT2D eigenvalue weighted by Gasteiger charge is -2.17. The summed E-state index contributed by atoms with van der Waals surface area (Å²) >= 11 is 0. The van der Waals surface area contributed by atoms with Crippen LogP contribution in [0.2, 0.25) is 0 Å². The lowest BCUT2D eigenvalue weighted by Crippen LogP contribution is -2.11. The number of unbranched alkanes of at least 4 members (excludes halogenated alkanes) is 1. The molecule has 0 aliphatic carbocycles. The molecule has 1 aromatic carbocycles. The van der Waals surface area contributed by atoms with Gasteiger partial charge in [0, 0.05) is 11.6 Å². The first-order valence-electron chi connectivity index (χ1n) is 7.02. The van der Waals surface area contributed by atoms with Crippen LogP contribution in [0.4, 0.5) is 0 Å². The molecule has 0 saturated heterocycles. The van der Waals surface area contributed by atoms with Crippen molar-refractivity contribution in [1.29, 1.82) is 0 Å². The molecular weight excluding hydrogens is 236 g/mol. The molecule has 0 N–H and O–H groups in total. The molecule has 0 aliphatic rings. The summed E-state index contributed by atoms with van der Waals surface area (Å²) in [5.41, 5.74) is 0.848. The smallest absolute Gasteiger partial charge is 0.127 e. The average molecular weight is 260 g/mol. The van der Waals surface area contributed by atoms with Crippen molar-refractivity contribution in [3.05, 3.63) is 30.3 Å². The van der Waals surface area contributed by atoms with Crippen LogP contribution in [0.3, 0.4) is 0 Å². The van der Waals surface area contributed by atoms with Crippen molar-refractivity contribution in [2.75, 3.05) is 13.7 Å². The van der Waals surface area contributed by atoms with E-state index in [1.54, 1.807) is 19.3 Å². The second kappa shape index (κ2) is 8.63. The van der Waals surface area contributed by atoms with E-state index in [1.165, 1.54) is 19.3 Å². The highest BCUT2D eigenvalue weighted by atomic mass is 16.5. The zero-order valence-corrected chi connectivity index (χ0v) is 12.2. The van der Waals surface area contributed by atoms with Crippen molar-refractivity contribution in [2.45, 2.75) is 39.5 Å². The first-order chi connectivity index (χ1) is 9.24. The lowest BCUT2D eigenvalue weighted by atomic mass is 10.0. The van der Waals surface area contributed by atoms with E-state index in [0.717, 1.165) is 24.3 Å². The van der Waals surface area contributed by atoms with Crippen molar-refractivity contribution in [1.82, 2.24) is 0 Å². The summed E-state index contributed by atoms with van der Waals surface area (Å²) in [7, 11) is 1.62. The van der Waals surface area contributed by atoms with Crippen molar-refractivity contribution < 1.29 is 9.47 Å². The standard InChI is InChI=1S/C17H24O2/c1-5-8-9-14(6-2)13-19-17-11-10-16(18-4)12-15(17)7-3/h3,7,11-12,14H,5-6,8-9,13H2,1-2,4H3. The van der Waals surface area contributed by atoms with Crippen molar-refractivity contribution in [2.24, 2.45) is 5.92 Å². The fourth-order valence-corrected chi connectivity index (χ4v) is 1.95. The van der Waals surface area contributed by atoms with Gasteiger partial charge in [-0.1, -0.05) is 45.8 Å². The highest BCUT2D eigenvalue weighted by Crippen LogP contribution is 2.25. The molecule has 0 amide bonds. The molecular formula is C17H24O2. The van der Waals surface area contributed by atoms with Gasteiger partial charge in [0.25, 0.3) is 0 Å². The molecule has 19 heavy (non-hydrogen) atoms. The maximum absolute atomic E-state index is 5.88. The minimum absolute atomic E-state index is 0.604. The summed E-state index contributed by atoms with van der Waals surface area (Å²) in [5, 5.41) is 0. The van der Waals surface area contributed by atoms with Gasteiger partial charge in [-0.25, -0.2) is 0 Å². The zero-order chi connectivity index (χ0) is 14.1. The Morgan fingerprint density at radius 2 is 2.21 bits per heavy atom. The molecule has 0 saturated carbocycles. The number of rotatable bonds is 9. The van der Waals surface area contributed by atoms with Crippen LogP contribution < -0.4 is 9.47 Å². The number of hydrogen-bond donors (Lipinski definition) is 0. The van der Waals surface area contributed by atoms with E-state index in [2.05, 4.69) is 19.9 Å². The Labute approximate surface area is 117 Å². The van der Waals surface area contributed by atoms with E-state index >= 15 is 0 Å². The second-order valence-electron chi connectivity index (χ2n) is 4.72. The van der Waals surface area contributed by atoms with Crippen LogP contribution in [-0.4, -0.2) is 13.7 Å². The quantitative estimate of drug-likeness (QED) is 0.649. The van der Waals surface area contributed by atoms with Gasteiger partial charge in [0.2, 0.25) is 0 Å². The molecule has 0 spiro atoms. The van der Waals surface area contributed by atoms with Gasteiger partial charge >= 0.3 is 0 Å². The Hall–Kier alpha value is -1.44. The van der Waals surface area contributed by atoms with Gasteiger partial charge in [0.05, 0.1) is 13.7 Å². The zero-order valence-electron chi connectivity index (χ0n) is 12.2. The highest BCUT2D eigenvalue weighted by Gasteiger charge is 2.09. The maximum atomic E-state index is 5.88. The fourth-order valence-electron chi connectivity index (χ4n) is 1.95. The van der Waals surface area contributed by atoms with Crippen LogP contribution in [0, 0.1) is 18.6 Å². The van der Waals surface area contributed by atoms with E-state index < -0.39 is 0 Å². The average Bonchev–Trinajstić information content (AvgIpc) is 2.47. The van der Waals surface area contributed by atoms with Gasteiger partial charge < -0.3 is 9.47 Å². The molecule has 1 rings (SSSR count). The summed E-state index contributed by atoms with van der Waals surface area (Å²) < 4.78 is 11.0. The van der Waals surface area contributed by atoms with Crippen molar-refractivity contribution in [3.8, 4) is 11.5 Å². The van der Waals surface area contributed by atoms with Crippen LogP contribution in [0.25, 0.3) is 6.08 Å². The van der Waals surface area contributed by atoms with Gasteiger partial charge in [0.15, 0.2) is 0 Å². The first kappa shape index (κ1) is 15.6. The van der Waals surface area contributed by atoms with Gasteiger partial charge in [-0.2, -0.15) is 0 Å². The molecule has 1 unspecified atom stereocenters. The molecule has 0 heterocycles. The van der Waals surface area contributed by atoms with Gasteiger partial charge in [0.1, 0.15) is 11.5 Å². The molecule has 0 aliphatic heterocycles. The Morgan fingerprint density at radius 1 is 1.42 bits per heavy atom. The van der Waals surface area contributed by atoms with Gasteiger partial charge in [-0.3, -0.25) is 0 Å². The maximum Gasteiger partial charge on any atom is 0.127 e. The number of benzene rings is 1. The van der Waals surface area contributed by atoms with Crippen LogP contribution in [0.1, 0.15) is 45.1 Å². The molecule has 0 bridgehead atoms. The Kier molecular flexibility index (Phi) is 7.09. The second-order valence-corrected chi connectivity index (χ2v) is 4.72. The normalized spacial score (nSPS) is 11.9. The Morgan fingerprint density at radius 3 is 2.79 bits per heavy atom. The monoisotopic (exact) mass is 260 g/mol. The van der Waals surface area contributed by atoms with Crippen molar-refractivity contribution >= 4 is 6.08 Å². The molecule has 1 aromatic rings. The number of hydrogen-bond acceptors (Lipinski definition) is 2. The highest BCUT2D eigenvalue weighted by molar-refractivity contribution is 5.57. The molecule has 0 aromatic heterocycles. The van der Waals surface area contributed by atoms with E-state index in [4.69, 9.17) is 16.1 Å². The summed E-state index contributed by atoms with van der Waals surface area (Å²) in [6.07, 6.45) is 6.38. The van der Waals surface area contributed by atoms with Crippen LogP contribution in [-0.2, 0) is 0 Å². The number of ether oxygens (including phenoxy) is 2. The van der Waals surface area contributed by atoms with Crippen LogP contribution in [0.15, 0.2) is 12.1 Å². The third-order valence-corrected chi connectivity index (χ3v) is 3.33. The molecule has 2 nitrogen and oxygen atoms in total. The summed E-state index contributed by atoms with van der Waals surface area (Å²) in [5.74, 6) is 2.05. The van der Waals surface area contributed by atoms with Crippen LogP contribution >= 0.6 is 0 Å². The SMILES string of the molecule is [CH]=Cc1cc(OC)[c]cc1OCC(CC)CCCC.